The van der Waals surface area contributed by atoms with Crippen molar-refractivity contribution in [2.75, 3.05) is 45.2 Å². The summed E-state index contributed by atoms with van der Waals surface area (Å²) in [6.07, 6.45) is 0.670. The summed E-state index contributed by atoms with van der Waals surface area (Å²) in [5, 5.41) is 9.29. The lowest BCUT2D eigenvalue weighted by atomic mass is 9.68. The summed E-state index contributed by atoms with van der Waals surface area (Å²) >= 11 is 0. The zero-order chi connectivity index (χ0) is 24.4. The Morgan fingerprint density at radius 2 is 1.68 bits per heavy atom. The number of allylic oxidation sites excluding steroid dienone is 2. The van der Waals surface area contributed by atoms with E-state index in [4.69, 9.17) is 0 Å². The fourth-order valence-corrected chi connectivity index (χ4v) is 6.52. The standard InChI is InChI=1S/C26H28N4O3S/c1-26(2)22-15-19(29-9-11-30(12-10-29)34(32,33)28(3)4)6-8-21(22)25(31)24-20-7-5-17(16-27)13-18(20)14-23(24)26/h5-8,13,15H,9-12,14H2,1-4H3. The van der Waals surface area contributed by atoms with Gasteiger partial charge in [0.2, 0.25) is 0 Å². The first-order valence-corrected chi connectivity index (χ1v) is 12.8. The molecule has 3 aliphatic rings. The molecule has 34 heavy (non-hydrogen) atoms. The van der Waals surface area contributed by atoms with Crippen LogP contribution in [0.3, 0.4) is 0 Å². The molecule has 0 bridgehead atoms. The van der Waals surface area contributed by atoms with Crippen molar-refractivity contribution in [3.8, 4) is 6.07 Å². The van der Waals surface area contributed by atoms with Crippen LogP contribution in [0.2, 0.25) is 0 Å². The minimum atomic E-state index is -3.42. The number of fused-ring (bicyclic) bond motifs is 3. The molecule has 7 nitrogen and oxygen atoms in total. The highest BCUT2D eigenvalue weighted by Gasteiger charge is 2.43. The molecule has 0 unspecified atom stereocenters. The van der Waals surface area contributed by atoms with Crippen molar-refractivity contribution in [2.24, 2.45) is 0 Å². The van der Waals surface area contributed by atoms with Crippen LogP contribution in [-0.4, -0.2) is 63.1 Å². The lowest BCUT2D eigenvalue weighted by Crippen LogP contribution is -2.51. The minimum Gasteiger partial charge on any atom is -0.369 e. The van der Waals surface area contributed by atoms with Crippen LogP contribution in [-0.2, 0) is 22.0 Å². The van der Waals surface area contributed by atoms with Crippen LogP contribution in [0, 0.1) is 11.3 Å². The monoisotopic (exact) mass is 476 g/mol. The van der Waals surface area contributed by atoms with Crippen LogP contribution in [0.1, 0.15) is 46.5 Å². The Morgan fingerprint density at radius 1 is 1.00 bits per heavy atom. The van der Waals surface area contributed by atoms with Crippen molar-refractivity contribution in [1.82, 2.24) is 8.61 Å². The third kappa shape index (κ3) is 3.30. The van der Waals surface area contributed by atoms with Crippen molar-refractivity contribution in [2.45, 2.75) is 25.7 Å². The highest BCUT2D eigenvalue weighted by molar-refractivity contribution is 7.86. The van der Waals surface area contributed by atoms with E-state index in [1.807, 2.05) is 24.3 Å². The highest BCUT2D eigenvalue weighted by atomic mass is 32.2. The SMILES string of the molecule is CN(C)S(=O)(=O)N1CCN(c2ccc3c(c2)C(C)(C)C2=C(C3=O)c3ccc(C#N)cc3C2)CC1. The summed E-state index contributed by atoms with van der Waals surface area (Å²) in [7, 11) is -0.315. The van der Waals surface area contributed by atoms with Gasteiger partial charge in [0, 0.05) is 62.5 Å². The number of Topliss-reactive ketones (excluding diaryl/α,β-unsaturated/α-hetero) is 1. The molecule has 1 aliphatic heterocycles. The number of carbonyl (C=O) groups excluding carboxylic acids is 1. The normalized spacial score (nSPS) is 19.6. The molecule has 8 heteroatoms. The minimum absolute atomic E-state index is 0.0428. The van der Waals surface area contributed by atoms with E-state index in [9.17, 15) is 18.5 Å². The average Bonchev–Trinajstić information content (AvgIpc) is 3.22. The number of ketones is 1. The fraction of sp³-hybridized carbons (Fsp3) is 0.385. The molecular weight excluding hydrogens is 448 g/mol. The summed E-state index contributed by atoms with van der Waals surface area (Å²) in [6.45, 7) is 6.36. The number of benzene rings is 2. The second-order valence-electron chi connectivity index (χ2n) is 9.87. The van der Waals surface area contributed by atoms with Crippen molar-refractivity contribution < 1.29 is 13.2 Å². The van der Waals surface area contributed by atoms with Crippen molar-refractivity contribution in [3.63, 3.8) is 0 Å². The average molecular weight is 477 g/mol. The smallest absolute Gasteiger partial charge is 0.281 e. The summed E-state index contributed by atoms with van der Waals surface area (Å²) in [4.78, 5) is 15.8. The predicted molar refractivity (Wildman–Crippen MR) is 132 cm³/mol. The van der Waals surface area contributed by atoms with E-state index in [1.54, 1.807) is 20.2 Å². The van der Waals surface area contributed by atoms with E-state index < -0.39 is 10.2 Å². The largest absolute Gasteiger partial charge is 0.369 e. The molecule has 5 rings (SSSR count). The Morgan fingerprint density at radius 3 is 2.32 bits per heavy atom. The number of carbonyl (C=O) groups is 1. The van der Waals surface area contributed by atoms with E-state index in [-0.39, 0.29) is 11.2 Å². The number of piperazine rings is 1. The van der Waals surface area contributed by atoms with Crippen LogP contribution in [0.15, 0.2) is 42.0 Å². The molecule has 1 saturated heterocycles. The lowest BCUT2D eigenvalue weighted by molar-refractivity contribution is 0.105. The molecule has 0 spiro atoms. The second kappa shape index (κ2) is 7.77. The van der Waals surface area contributed by atoms with Gasteiger partial charge in [0.05, 0.1) is 11.6 Å². The first kappa shape index (κ1) is 22.8. The molecule has 0 atom stereocenters. The molecule has 0 N–H and O–H groups in total. The lowest BCUT2D eigenvalue weighted by Gasteiger charge is -2.38. The Kier molecular flexibility index (Phi) is 5.21. The number of nitriles is 1. The van der Waals surface area contributed by atoms with Gasteiger partial charge < -0.3 is 4.90 Å². The predicted octanol–water partition coefficient (Wildman–Crippen LogP) is 2.97. The number of hydrogen-bond acceptors (Lipinski definition) is 5. The van der Waals surface area contributed by atoms with Crippen LogP contribution in [0.5, 0.6) is 0 Å². The zero-order valence-corrected chi connectivity index (χ0v) is 20.7. The van der Waals surface area contributed by atoms with E-state index in [0.29, 0.717) is 38.2 Å². The van der Waals surface area contributed by atoms with E-state index in [1.165, 1.54) is 8.61 Å². The van der Waals surface area contributed by atoms with E-state index in [0.717, 1.165) is 39.1 Å². The van der Waals surface area contributed by atoms with Gasteiger partial charge in [-0.2, -0.15) is 22.3 Å². The van der Waals surface area contributed by atoms with Gasteiger partial charge in [0.25, 0.3) is 10.2 Å². The van der Waals surface area contributed by atoms with Crippen molar-refractivity contribution in [1.29, 1.82) is 5.26 Å². The topological polar surface area (TPSA) is 84.7 Å². The summed E-state index contributed by atoms with van der Waals surface area (Å²) < 4.78 is 27.7. The number of rotatable bonds is 3. The van der Waals surface area contributed by atoms with Gasteiger partial charge in [0.1, 0.15) is 0 Å². The molecule has 2 aromatic carbocycles. The molecule has 2 aliphatic carbocycles. The van der Waals surface area contributed by atoms with Gasteiger partial charge in [-0.05, 0) is 59.0 Å². The van der Waals surface area contributed by atoms with E-state index >= 15 is 0 Å². The zero-order valence-electron chi connectivity index (χ0n) is 19.9. The molecule has 1 heterocycles. The first-order chi connectivity index (χ1) is 16.1. The van der Waals surface area contributed by atoms with Crippen LogP contribution in [0.25, 0.3) is 5.57 Å². The molecule has 1 fully saturated rings. The Balaban J connectivity index is 1.46. The highest BCUT2D eigenvalue weighted by Crippen LogP contribution is 2.50. The van der Waals surface area contributed by atoms with Gasteiger partial charge in [0.15, 0.2) is 5.78 Å². The molecular formula is C26H28N4O3S. The van der Waals surface area contributed by atoms with Crippen molar-refractivity contribution in [3.05, 3.63) is 69.8 Å². The second-order valence-corrected chi connectivity index (χ2v) is 12.0. The third-order valence-electron chi connectivity index (χ3n) is 7.47. The van der Waals surface area contributed by atoms with Gasteiger partial charge in [-0.15, -0.1) is 0 Å². The maximum absolute atomic E-state index is 13.6. The maximum Gasteiger partial charge on any atom is 0.281 e. The Labute approximate surface area is 201 Å². The van der Waals surface area contributed by atoms with Crippen LogP contribution >= 0.6 is 0 Å². The summed E-state index contributed by atoms with van der Waals surface area (Å²) in [6, 6.07) is 13.8. The Hall–Kier alpha value is -2.99. The molecule has 2 aromatic rings. The van der Waals surface area contributed by atoms with Gasteiger partial charge >= 0.3 is 0 Å². The molecule has 176 valence electrons. The first-order valence-electron chi connectivity index (χ1n) is 11.4. The maximum atomic E-state index is 13.6. The number of nitrogens with zero attached hydrogens (tertiary/aromatic N) is 4. The number of hydrogen-bond donors (Lipinski definition) is 0. The third-order valence-corrected chi connectivity index (χ3v) is 9.41. The Bertz CT molecular complexity index is 1390. The molecule has 0 amide bonds. The van der Waals surface area contributed by atoms with E-state index in [2.05, 4.69) is 30.9 Å². The summed E-state index contributed by atoms with van der Waals surface area (Å²) in [5.74, 6) is 0.0428. The molecule has 0 aromatic heterocycles. The van der Waals surface area contributed by atoms with Crippen LogP contribution < -0.4 is 4.90 Å². The fourth-order valence-electron chi connectivity index (χ4n) is 5.44. The van der Waals surface area contributed by atoms with Gasteiger partial charge in [-0.1, -0.05) is 19.9 Å². The van der Waals surface area contributed by atoms with Crippen LogP contribution in [0.4, 0.5) is 5.69 Å². The quantitative estimate of drug-likeness (QED) is 0.680. The molecule has 0 saturated carbocycles. The molecule has 0 radical (unpaired) electrons. The number of anilines is 1. The van der Waals surface area contributed by atoms with Crippen molar-refractivity contribution >= 4 is 27.3 Å². The van der Waals surface area contributed by atoms with Gasteiger partial charge in [-0.3, -0.25) is 4.79 Å². The summed E-state index contributed by atoms with van der Waals surface area (Å²) in [5.41, 5.74) is 6.88. The van der Waals surface area contributed by atoms with Gasteiger partial charge in [-0.25, -0.2) is 0 Å².